The molecule has 2 N–H and O–H groups in total. The standard InChI is InChI=1S/C48H45N7O8S/c56-35-15-16-39(40(57)28-35)55-46(61)36-7-4-8-38(42(36)47(55)62)49-18-25-63-24-17-41(58)53-22-20-52(21-23-53)34-13-11-30(12-14-34)32-9-10-33-29-54(45(60)37(33)27-32)43(31-5-2-1-3-6-31)44(59)51-48-50-19-26-64-48/h1-14,19,26-27,39,43,49H,15-18,20-25,28-29H2,(H,50,51,59). The molecule has 0 bridgehead atoms. The summed E-state index contributed by atoms with van der Waals surface area (Å²) in [5.41, 5.74) is 5.92. The van der Waals surface area contributed by atoms with Crippen LogP contribution < -0.4 is 15.5 Å². The fourth-order valence-electron chi connectivity index (χ4n) is 8.90. The first-order valence-electron chi connectivity index (χ1n) is 21.3. The Balaban J connectivity index is 0.731. The lowest BCUT2D eigenvalue weighted by Crippen LogP contribution is -2.49. The van der Waals surface area contributed by atoms with Gasteiger partial charge in [-0.2, -0.15) is 0 Å². The number of amides is 5. The summed E-state index contributed by atoms with van der Waals surface area (Å²) >= 11 is 1.32. The quantitative estimate of drug-likeness (QED) is 0.0806. The number of hydrogen-bond donors (Lipinski definition) is 2. The zero-order valence-corrected chi connectivity index (χ0v) is 35.7. The van der Waals surface area contributed by atoms with Crippen molar-refractivity contribution in [1.29, 1.82) is 0 Å². The summed E-state index contributed by atoms with van der Waals surface area (Å²) in [6.45, 7) is 3.61. The van der Waals surface area contributed by atoms with Gasteiger partial charge in [-0.1, -0.05) is 60.7 Å². The molecule has 1 aliphatic carbocycles. The van der Waals surface area contributed by atoms with Crippen molar-refractivity contribution in [2.24, 2.45) is 0 Å². The van der Waals surface area contributed by atoms with E-state index < -0.39 is 29.7 Å². The highest BCUT2D eigenvalue weighted by molar-refractivity contribution is 7.13. The van der Waals surface area contributed by atoms with Crippen LogP contribution in [0.1, 0.15) is 73.9 Å². The second-order valence-electron chi connectivity index (χ2n) is 16.1. The van der Waals surface area contributed by atoms with Gasteiger partial charge in [0.2, 0.25) is 5.91 Å². The molecule has 1 aromatic heterocycles. The highest BCUT2D eigenvalue weighted by atomic mass is 32.1. The number of nitrogens with zero attached hydrogens (tertiary/aromatic N) is 5. The number of anilines is 3. The number of carbonyl (C=O) groups is 7. The number of carbonyl (C=O) groups excluding carboxylic acids is 7. The van der Waals surface area contributed by atoms with Gasteiger partial charge in [0.15, 0.2) is 10.9 Å². The number of ketones is 2. The first-order chi connectivity index (χ1) is 31.1. The number of fused-ring (bicyclic) bond motifs is 2. The molecule has 326 valence electrons. The largest absolute Gasteiger partial charge is 0.382 e. The van der Waals surface area contributed by atoms with Crippen molar-refractivity contribution in [3.8, 4) is 11.1 Å². The Kier molecular flexibility index (Phi) is 12.1. The van der Waals surface area contributed by atoms with Gasteiger partial charge in [-0.15, -0.1) is 11.3 Å². The predicted octanol–water partition coefficient (Wildman–Crippen LogP) is 5.60. The highest BCUT2D eigenvalue weighted by Crippen LogP contribution is 2.36. The maximum Gasteiger partial charge on any atom is 0.264 e. The second kappa shape index (κ2) is 18.4. The van der Waals surface area contributed by atoms with E-state index in [1.807, 2.05) is 65.6 Å². The Morgan fingerprint density at radius 2 is 1.59 bits per heavy atom. The normalized spacial score (nSPS) is 17.8. The Bertz CT molecular complexity index is 2630. The SMILES string of the molecule is O=C1CCC(N2C(=O)c3cccc(NCCOCCC(=O)N4CCN(c5ccc(-c6ccc7c(c6)C(=O)N(C(C(=O)Nc6nccs6)c6ccccc6)C7)cc5)CC4)c3C2=O)C(=O)C1. The van der Waals surface area contributed by atoms with Gasteiger partial charge >= 0.3 is 0 Å². The molecule has 64 heavy (non-hydrogen) atoms. The number of nitrogens with one attached hydrogen (secondary N) is 2. The second-order valence-corrected chi connectivity index (χ2v) is 17.0. The molecule has 2 fully saturated rings. The van der Waals surface area contributed by atoms with Crippen LogP contribution in [0.4, 0.5) is 16.5 Å². The van der Waals surface area contributed by atoms with Crippen LogP contribution in [0.2, 0.25) is 0 Å². The number of aromatic nitrogens is 1. The molecule has 3 aliphatic heterocycles. The number of hydrogen-bond acceptors (Lipinski definition) is 12. The van der Waals surface area contributed by atoms with E-state index in [1.54, 1.807) is 34.7 Å². The zero-order valence-electron chi connectivity index (χ0n) is 34.9. The third-order valence-corrected chi connectivity index (χ3v) is 12.9. The summed E-state index contributed by atoms with van der Waals surface area (Å²) in [7, 11) is 0. The van der Waals surface area contributed by atoms with Crippen molar-refractivity contribution >= 4 is 68.9 Å². The minimum atomic E-state index is -0.932. The van der Waals surface area contributed by atoms with E-state index in [9.17, 15) is 33.6 Å². The summed E-state index contributed by atoms with van der Waals surface area (Å²) in [6.07, 6.45) is 1.88. The molecule has 5 amide bonds. The lowest BCUT2D eigenvalue weighted by Gasteiger charge is -2.36. The van der Waals surface area contributed by atoms with Gasteiger partial charge in [-0.05, 0) is 59.0 Å². The number of ether oxygens (including phenoxy) is 1. The minimum absolute atomic E-state index is 0.00644. The van der Waals surface area contributed by atoms with E-state index in [2.05, 4.69) is 32.7 Å². The van der Waals surface area contributed by atoms with Crippen molar-refractivity contribution < 1.29 is 38.3 Å². The van der Waals surface area contributed by atoms with Crippen molar-refractivity contribution in [2.45, 2.75) is 44.3 Å². The van der Waals surface area contributed by atoms with Gasteiger partial charge in [0, 0.05) is 74.2 Å². The summed E-state index contributed by atoms with van der Waals surface area (Å²) < 4.78 is 5.76. The number of piperazine rings is 1. The predicted molar refractivity (Wildman–Crippen MR) is 239 cm³/mol. The molecule has 4 aromatic carbocycles. The molecule has 9 rings (SSSR count). The van der Waals surface area contributed by atoms with Gasteiger partial charge in [0.05, 0.1) is 43.2 Å². The molecule has 0 spiro atoms. The Hall–Kier alpha value is -7.04. The van der Waals surface area contributed by atoms with E-state index in [0.717, 1.165) is 27.3 Å². The lowest BCUT2D eigenvalue weighted by atomic mass is 9.92. The maximum absolute atomic E-state index is 14.0. The van der Waals surface area contributed by atoms with Crippen LogP contribution in [0, 0.1) is 0 Å². The summed E-state index contributed by atoms with van der Waals surface area (Å²) in [5.74, 6) is -2.20. The Morgan fingerprint density at radius 3 is 2.34 bits per heavy atom. The molecule has 0 radical (unpaired) electrons. The summed E-state index contributed by atoms with van der Waals surface area (Å²) in [5, 5.41) is 8.29. The van der Waals surface area contributed by atoms with Gasteiger partial charge in [-0.25, -0.2) is 4.98 Å². The Labute approximate surface area is 373 Å². The number of benzene rings is 4. The third-order valence-electron chi connectivity index (χ3n) is 12.2. The van der Waals surface area contributed by atoms with Gasteiger partial charge < -0.3 is 24.8 Å². The van der Waals surface area contributed by atoms with Crippen LogP contribution in [0.5, 0.6) is 0 Å². The van der Waals surface area contributed by atoms with Crippen LogP contribution >= 0.6 is 11.3 Å². The summed E-state index contributed by atoms with van der Waals surface area (Å²) in [4.78, 5) is 102. The van der Waals surface area contributed by atoms with Crippen LogP contribution in [0.25, 0.3) is 11.1 Å². The van der Waals surface area contributed by atoms with Gasteiger partial charge in [-0.3, -0.25) is 43.8 Å². The minimum Gasteiger partial charge on any atom is -0.382 e. The third kappa shape index (κ3) is 8.53. The lowest BCUT2D eigenvalue weighted by molar-refractivity contribution is -0.133. The van der Waals surface area contributed by atoms with Crippen molar-refractivity contribution in [1.82, 2.24) is 19.7 Å². The number of thiazole rings is 1. The maximum atomic E-state index is 14.0. The van der Waals surface area contributed by atoms with Crippen molar-refractivity contribution in [3.63, 3.8) is 0 Å². The molecule has 2 unspecified atom stereocenters. The van der Waals surface area contributed by atoms with Crippen LogP contribution in [-0.2, 0) is 30.5 Å². The molecule has 15 nitrogen and oxygen atoms in total. The fourth-order valence-corrected chi connectivity index (χ4v) is 9.43. The molecule has 5 aromatic rings. The van der Waals surface area contributed by atoms with E-state index in [0.29, 0.717) is 61.2 Å². The van der Waals surface area contributed by atoms with E-state index in [-0.39, 0.29) is 73.5 Å². The average molecular weight is 880 g/mol. The Morgan fingerprint density at radius 1 is 0.812 bits per heavy atom. The first kappa shape index (κ1) is 42.3. The molecule has 16 heteroatoms. The number of rotatable bonds is 14. The monoisotopic (exact) mass is 879 g/mol. The zero-order chi connectivity index (χ0) is 44.3. The van der Waals surface area contributed by atoms with E-state index >= 15 is 0 Å². The fraction of sp³-hybridized carbons (Fsp3) is 0.292. The van der Waals surface area contributed by atoms with Crippen molar-refractivity contribution in [2.75, 3.05) is 61.5 Å². The van der Waals surface area contributed by atoms with E-state index in [1.165, 1.54) is 11.3 Å². The molecular weight excluding hydrogens is 835 g/mol. The molecule has 1 saturated carbocycles. The smallest absolute Gasteiger partial charge is 0.264 e. The van der Waals surface area contributed by atoms with Crippen molar-refractivity contribution in [3.05, 3.63) is 130 Å². The topological polar surface area (TPSA) is 179 Å². The average Bonchev–Trinajstić information content (AvgIpc) is 4.01. The van der Waals surface area contributed by atoms with Crippen LogP contribution in [0.3, 0.4) is 0 Å². The number of imide groups is 1. The highest BCUT2D eigenvalue weighted by Gasteiger charge is 2.45. The summed E-state index contributed by atoms with van der Waals surface area (Å²) in [6, 6.07) is 26.5. The van der Waals surface area contributed by atoms with Gasteiger partial charge in [0.1, 0.15) is 11.8 Å². The number of Topliss-reactive ketones (excluding diaryl/α,β-unsaturated/α-hetero) is 2. The molecule has 4 heterocycles. The van der Waals surface area contributed by atoms with Gasteiger partial charge in [0.25, 0.3) is 23.6 Å². The van der Waals surface area contributed by atoms with Crippen LogP contribution in [-0.4, -0.2) is 113 Å². The van der Waals surface area contributed by atoms with E-state index in [4.69, 9.17) is 4.74 Å². The molecular formula is C48H45N7O8S. The molecule has 2 atom stereocenters. The first-order valence-corrected chi connectivity index (χ1v) is 22.2. The molecule has 4 aliphatic rings. The molecule has 1 saturated heterocycles. The van der Waals surface area contributed by atoms with Crippen LogP contribution in [0.15, 0.2) is 103 Å².